The molecule has 0 amide bonds. The number of aliphatic hydroxyl groups is 1. The molecule has 1 unspecified atom stereocenters. The Morgan fingerprint density at radius 3 is 2.71 bits per heavy atom. The molecule has 1 rings (SSSR count). The van der Waals surface area contributed by atoms with Crippen molar-refractivity contribution < 1.29 is 13.9 Å². The van der Waals surface area contributed by atoms with Crippen molar-refractivity contribution in [2.24, 2.45) is 0 Å². The van der Waals surface area contributed by atoms with Crippen molar-refractivity contribution in [2.75, 3.05) is 0 Å². The normalized spacial score (nSPS) is 12.9. The van der Waals surface area contributed by atoms with Gasteiger partial charge in [0, 0.05) is 0 Å². The van der Waals surface area contributed by atoms with E-state index >= 15 is 0 Å². The van der Waals surface area contributed by atoms with Crippen molar-refractivity contribution in [2.45, 2.75) is 32.3 Å². The molecule has 0 aromatic heterocycles. The molecule has 0 fully saturated rings. The predicted molar refractivity (Wildman–Crippen MR) is 51.0 cm³/mol. The van der Waals surface area contributed by atoms with Gasteiger partial charge >= 0.3 is 0 Å². The van der Waals surface area contributed by atoms with Crippen LogP contribution in [0.5, 0.6) is 0 Å². The van der Waals surface area contributed by atoms with Crippen LogP contribution in [0.1, 0.15) is 25.3 Å². The van der Waals surface area contributed by atoms with Crippen LogP contribution in [-0.4, -0.2) is 11.2 Å². The lowest BCUT2D eigenvalue weighted by Gasteiger charge is -2.05. The maximum absolute atomic E-state index is 13.1. The summed E-state index contributed by atoms with van der Waals surface area (Å²) in [4.78, 5) is 0. The van der Waals surface area contributed by atoms with Gasteiger partial charge < -0.3 is 5.11 Å². The minimum atomic E-state index is -0.806. The SMILES string of the molecule is CC(O)CCCc1cccc(F)c1F. The summed E-state index contributed by atoms with van der Waals surface area (Å²) in [5.74, 6) is -1.57. The fraction of sp³-hybridized carbons (Fsp3) is 0.455. The van der Waals surface area contributed by atoms with Gasteiger partial charge in [-0.05, 0) is 37.8 Å². The monoisotopic (exact) mass is 200 g/mol. The third kappa shape index (κ3) is 3.07. The van der Waals surface area contributed by atoms with E-state index < -0.39 is 11.6 Å². The zero-order valence-corrected chi connectivity index (χ0v) is 8.13. The summed E-state index contributed by atoms with van der Waals surface area (Å²) in [6.07, 6.45) is 1.36. The molecule has 0 bridgehead atoms. The Hall–Kier alpha value is -0.960. The number of aliphatic hydroxyl groups excluding tert-OH is 1. The molecule has 1 N–H and O–H groups in total. The van der Waals surface area contributed by atoms with Gasteiger partial charge in [-0.1, -0.05) is 12.1 Å². The Bertz CT molecular complexity index is 297. The highest BCUT2D eigenvalue weighted by molar-refractivity contribution is 5.18. The fourth-order valence-electron chi connectivity index (χ4n) is 1.33. The molecule has 1 nitrogen and oxygen atoms in total. The molecule has 0 aliphatic rings. The van der Waals surface area contributed by atoms with E-state index in [2.05, 4.69) is 0 Å². The minimum Gasteiger partial charge on any atom is -0.393 e. The van der Waals surface area contributed by atoms with Crippen molar-refractivity contribution in [3.8, 4) is 0 Å². The first-order chi connectivity index (χ1) is 6.61. The van der Waals surface area contributed by atoms with Gasteiger partial charge in [-0.15, -0.1) is 0 Å². The summed E-state index contributed by atoms with van der Waals surface area (Å²) in [5.41, 5.74) is 0.380. The van der Waals surface area contributed by atoms with E-state index in [9.17, 15) is 8.78 Å². The average Bonchev–Trinajstić information content (AvgIpc) is 2.12. The lowest BCUT2D eigenvalue weighted by molar-refractivity contribution is 0.181. The first-order valence-corrected chi connectivity index (χ1v) is 4.72. The third-order valence-corrected chi connectivity index (χ3v) is 2.10. The lowest BCUT2D eigenvalue weighted by Crippen LogP contribution is -2.01. The molecule has 0 spiro atoms. The second kappa shape index (κ2) is 5.05. The highest BCUT2D eigenvalue weighted by atomic mass is 19.2. The van der Waals surface area contributed by atoms with Gasteiger partial charge in [0.25, 0.3) is 0 Å². The van der Waals surface area contributed by atoms with Crippen LogP contribution in [0.15, 0.2) is 18.2 Å². The van der Waals surface area contributed by atoms with Gasteiger partial charge in [-0.25, -0.2) is 8.78 Å². The van der Waals surface area contributed by atoms with Crippen molar-refractivity contribution in [1.29, 1.82) is 0 Å². The maximum atomic E-state index is 13.1. The molecule has 1 aromatic carbocycles. The van der Waals surface area contributed by atoms with Gasteiger partial charge in [0.05, 0.1) is 6.10 Å². The molecule has 0 aliphatic carbocycles. The Morgan fingerprint density at radius 2 is 2.07 bits per heavy atom. The summed E-state index contributed by atoms with van der Waals surface area (Å²) in [7, 11) is 0. The van der Waals surface area contributed by atoms with Crippen molar-refractivity contribution in [3.05, 3.63) is 35.4 Å². The lowest BCUT2D eigenvalue weighted by atomic mass is 10.1. The van der Waals surface area contributed by atoms with E-state index in [0.717, 1.165) is 6.07 Å². The first kappa shape index (κ1) is 11.1. The Kier molecular flexibility index (Phi) is 4.01. The smallest absolute Gasteiger partial charge is 0.162 e. The molecule has 1 atom stereocenters. The molecule has 3 heteroatoms. The average molecular weight is 200 g/mol. The van der Waals surface area contributed by atoms with E-state index in [4.69, 9.17) is 5.11 Å². The standard InChI is InChI=1S/C11H14F2O/c1-8(14)4-2-5-9-6-3-7-10(12)11(9)13/h3,6-8,14H,2,4-5H2,1H3. The molecule has 0 aliphatic heterocycles. The Balaban J connectivity index is 2.54. The number of hydrogen-bond donors (Lipinski definition) is 1. The number of rotatable bonds is 4. The highest BCUT2D eigenvalue weighted by Crippen LogP contribution is 2.14. The molecule has 0 heterocycles. The molecule has 0 radical (unpaired) electrons. The molecular formula is C11H14F2O. The molecule has 78 valence electrons. The van der Waals surface area contributed by atoms with Crippen LogP contribution >= 0.6 is 0 Å². The summed E-state index contributed by atoms with van der Waals surface area (Å²) < 4.78 is 25.8. The van der Waals surface area contributed by atoms with E-state index in [0.29, 0.717) is 24.8 Å². The van der Waals surface area contributed by atoms with Crippen LogP contribution in [0.2, 0.25) is 0 Å². The second-order valence-electron chi connectivity index (χ2n) is 3.45. The Labute approximate surface area is 82.4 Å². The molecule has 0 saturated heterocycles. The largest absolute Gasteiger partial charge is 0.393 e. The zero-order chi connectivity index (χ0) is 10.6. The molecule has 0 saturated carbocycles. The van der Waals surface area contributed by atoms with Crippen molar-refractivity contribution in [3.63, 3.8) is 0 Å². The molecule has 14 heavy (non-hydrogen) atoms. The topological polar surface area (TPSA) is 20.2 Å². The maximum Gasteiger partial charge on any atom is 0.162 e. The number of benzene rings is 1. The Morgan fingerprint density at radius 1 is 1.36 bits per heavy atom. The summed E-state index contributed by atoms with van der Waals surface area (Å²) in [5, 5.41) is 8.99. The van der Waals surface area contributed by atoms with E-state index in [1.165, 1.54) is 6.07 Å². The number of aryl methyl sites for hydroxylation is 1. The molecule has 1 aromatic rings. The van der Waals surface area contributed by atoms with E-state index in [-0.39, 0.29) is 6.10 Å². The van der Waals surface area contributed by atoms with Gasteiger partial charge in [-0.3, -0.25) is 0 Å². The van der Waals surface area contributed by atoms with Crippen LogP contribution in [0.4, 0.5) is 8.78 Å². The van der Waals surface area contributed by atoms with E-state index in [1.807, 2.05) is 0 Å². The van der Waals surface area contributed by atoms with Gasteiger partial charge in [0.15, 0.2) is 11.6 Å². The quantitative estimate of drug-likeness (QED) is 0.792. The number of halogens is 2. The third-order valence-electron chi connectivity index (χ3n) is 2.10. The fourth-order valence-corrected chi connectivity index (χ4v) is 1.33. The van der Waals surface area contributed by atoms with Crippen LogP contribution < -0.4 is 0 Å². The second-order valence-corrected chi connectivity index (χ2v) is 3.45. The van der Waals surface area contributed by atoms with Crippen molar-refractivity contribution in [1.82, 2.24) is 0 Å². The van der Waals surface area contributed by atoms with E-state index in [1.54, 1.807) is 13.0 Å². The highest BCUT2D eigenvalue weighted by Gasteiger charge is 2.07. The van der Waals surface area contributed by atoms with Crippen LogP contribution in [0, 0.1) is 11.6 Å². The van der Waals surface area contributed by atoms with Gasteiger partial charge in [-0.2, -0.15) is 0 Å². The minimum absolute atomic E-state index is 0.380. The number of hydrogen-bond acceptors (Lipinski definition) is 1. The van der Waals surface area contributed by atoms with Crippen LogP contribution in [0.3, 0.4) is 0 Å². The van der Waals surface area contributed by atoms with Crippen molar-refractivity contribution >= 4 is 0 Å². The summed E-state index contributed by atoms with van der Waals surface area (Å²) in [6.45, 7) is 1.68. The van der Waals surface area contributed by atoms with Crippen LogP contribution in [0.25, 0.3) is 0 Å². The summed E-state index contributed by atoms with van der Waals surface area (Å²) >= 11 is 0. The zero-order valence-electron chi connectivity index (χ0n) is 8.13. The first-order valence-electron chi connectivity index (χ1n) is 4.72. The summed E-state index contributed by atoms with van der Waals surface area (Å²) in [6, 6.07) is 4.17. The van der Waals surface area contributed by atoms with Crippen LogP contribution in [-0.2, 0) is 6.42 Å². The van der Waals surface area contributed by atoms with Gasteiger partial charge in [0.1, 0.15) is 0 Å². The predicted octanol–water partition coefficient (Wildman–Crippen LogP) is 2.67. The van der Waals surface area contributed by atoms with Gasteiger partial charge in [0.2, 0.25) is 0 Å². The molecular weight excluding hydrogens is 186 g/mol.